The number of hydrogen-bond donors (Lipinski definition) is 1. The van der Waals surface area contributed by atoms with Gasteiger partial charge >= 0.3 is 0 Å². The van der Waals surface area contributed by atoms with Gasteiger partial charge in [0.25, 0.3) is 0 Å². The average Bonchev–Trinajstić information content (AvgIpc) is 2.47. The fourth-order valence-electron chi connectivity index (χ4n) is 2.34. The molecule has 1 aromatic carbocycles. The Morgan fingerprint density at radius 2 is 2.05 bits per heavy atom. The summed E-state index contributed by atoms with van der Waals surface area (Å²) in [7, 11) is 0. The van der Waals surface area contributed by atoms with E-state index >= 15 is 0 Å². The SMILES string of the molecule is CCc1cccc(Oc2ccc(C(N)=O)cn2)c1C(C)C. The molecule has 0 aliphatic rings. The lowest BCUT2D eigenvalue weighted by Crippen LogP contribution is -2.11. The lowest BCUT2D eigenvalue weighted by atomic mass is 9.95. The Morgan fingerprint density at radius 1 is 1.29 bits per heavy atom. The van der Waals surface area contributed by atoms with Crippen molar-refractivity contribution in [1.29, 1.82) is 0 Å². The molecule has 4 heteroatoms. The number of aryl methyl sites for hydroxylation is 1. The summed E-state index contributed by atoms with van der Waals surface area (Å²) in [6.07, 6.45) is 2.38. The number of nitrogens with zero attached hydrogens (tertiary/aromatic N) is 1. The molecule has 0 spiro atoms. The van der Waals surface area contributed by atoms with Gasteiger partial charge < -0.3 is 10.5 Å². The van der Waals surface area contributed by atoms with Gasteiger partial charge in [-0.1, -0.05) is 32.9 Å². The van der Waals surface area contributed by atoms with Crippen molar-refractivity contribution in [3.05, 3.63) is 53.2 Å². The summed E-state index contributed by atoms with van der Waals surface area (Å²) in [5, 5.41) is 0. The first-order valence-corrected chi connectivity index (χ1v) is 7.08. The van der Waals surface area contributed by atoms with Gasteiger partial charge in [-0.2, -0.15) is 0 Å². The van der Waals surface area contributed by atoms with Crippen LogP contribution in [0.1, 0.15) is 48.2 Å². The maximum atomic E-state index is 11.0. The normalized spacial score (nSPS) is 10.7. The number of nitrogens with two attached hydrogens (primary N) is 1. The number of carbonyl (C=O) groups excluding carboxylic acids is 1. The molecule has 0 atom stereocenters. The van der Waals surface area contributed by atoms with Crippen molar-refractivity contribution in [3.8, 4) is 11.6 Å². The van der Waals surface area contributed by atoms with Gasteiger partial charge in [0.05, 0.1) is 5.56 Å². The van der Waals surface area contributed by atoms with Gasteiger partial charge in [-0.05, 0) is 30.0 Å². The molecule has 2 N–H and O–H groups in total. The first-order chi connectivity index (χ1) is 10.0. The first kappa shape index (κ1) is 15.0. The summed E-state index contributed by atoms with van der Waals surface area (Å²) < 4.78 is 5.88. The molecule has 2 rings (SSSR count). The molecule has 0 bridgehead atoms. The number of hydrogen-bond acceptors (Lipinski definition) is 3. The van der Waals surface area contributed by atoms with Crippen LogP contribution in [-0.2, 0) is 6.42 Å². The molecule has 0 saturated carbocycles. The summed E-state index contributed by atoms with van der Waals surface area (Å²) in [5.74, 6) is 1.13. The maximum Gasteiger partial charge on any atom is 0.250 e. The van der Waals surface area contributed by atoms with Crippen LogP contribution in [0.15, 0.2) is 36.5 Å². The van der Waals surface area contributed by atoms with Gasteiger partial charge in [-0.3, -0.25) is 4.79 Å². The van der Waals surface area contributed by atoms with Crippen LogP contribution >= 0.6 is 0 Å². The van der Waals surface area contributed by atoms with Crippen molar-refractivity contribution in [1.82, 2.24) is 4.98 Å². The second-order valence-electron chi connectivity index (χ2n) is 5.19. The fourth-order valence-corrected chi connectivity index (χ4v) is 2.34. The smallest absolute Gasteiger partial charge is 0.250 e. The summed E-state index contributed by atoms with van der Waals surface area (Å²) in [5.41, 5.74) is 8.04. The molecule has 0 radical (unpaired) electrons. The van der Waals surface area contributed by atoms with E-state index in [0.29, 0.717) is 17.4 Å². The highest BCUT2D eigenvalue weighted by Crippen LogP contribution is 2.32. The molecule has 0 aliphatic carbocycles. The van der Waals surface area contributed by atoms with Crippen molar-refractivity contribution in [2.24, 2.45) is 5.73 Å². The largest absolute Gasteiger partial charge is 0.439 e. The minimum atomic E-state index is -0.495. The van der Waals surface area contributed by atoms with Gasteiger partial charge in [-0.15, -0.1) is 0 Å². The highest BCUT2D eigenvalue weighted by atomic mass is 16.5. The van der Waals surface area contributed by atoms with E-state index in [1.54, 1.807) is 12.1 Å². The van der Waals surface area contributed by atoms with Crippen molar-refractivity contribution in [3.63, 3.8) is 0 Å². The van der Waals surface area contributed by atoms with Gasteiger partial charge in [-0.25, -0.2) is 4.98 Å². The molecule has 0 fully saturated rings. The van der Waals surface area contributed by atoms with Crippen molar-refractivity contribution >= 4 is 5.91 Å². The molecule has 4 nitrogen and oxygen atoms in total. The van der Waals surface area contributed by atoms with E-state index in [9.17, 15) is 4.79 Å². The van der Waals surface area contributed by atoms with E-state index in [4.69, 9.17) is 10.5 Å². The minimum Gasteiger partial charge on any atom is -0.439 e. The molecule has 21 heavy (non-hydrogen) atoms. The Kier molecular flexibility index (Phi) is 4.58. The third-order valence-corrected chi connectivity index (χ3v) is 3.35. The van der Waals surface area contributed by atoms with Crippen LogP contribution in [0.5, 0.6) is 11.6 Å². The zero-order chi connectivity index (χ0) is 15.4. The van der Waals surface area contributed by atoms with E-state index < -0.39 is 5.91 Å². The fraction of sp³-hybridized carbons (Fsp3) is 0.294. The first-order valence-electron chi connectivity index (χ1n) is 7.08. The number of amides is 1. The van der Waals surface area contributed by atoms with E-state index in [2.05, 4.69) is 31.8 Å². The Balaban J connectivity index is 2.33. The topological polar surface area (TPSA) is 65.2 Å². The number of rotatable bonds is 5. The summed E-state index contributed by atoms with van der Waals surface area (Å²) in [4.78, 5) is 15.2. The number of aromatic nitrogens is 1. The van der Waals surface area contributed by atoms with Crippen LogP contribution in [0.3, 0.4) is 0 Å². The molecule has 2 aromatic rings. The molecule has 0 saturated heterocycles. The number of ether oxygens (including phenoxy) is 1. The van der Waals surface area contributed by atoms with Gasteiger partial charge in [0.15, 0.2) is 0 Å². The van der Waals surface area contributed by atoms with Crippen LogP contribution < -0.4 is 10.5 Å². The third-order valence-electron chi connectivity index (χ3n) is 3.35. The highest BCUT2D eigenvalue weighted by Gasteiger charge is 2.13. The van der Waals surface area contributed by atoms with E-state index in [1.165, 1.54) is 17.3 Å². The maximum absolute atomic E-state index is 11.0. The lowest BCUT2D eigenvalue weighted by molar-refractivity contribution is 0.1000. The van der Waals surface area contributed by atoms with Crippen LogP contribution in [0.25, 0.3) is 0 Å². The van der Waals surface area contributed by atoms with E-state index in [0.717, 1.165) is 12.2 Å². The Hall–Kier alpha value is -2.36. The Bertz CT molecular complexity index is 634. The van der Waals surface area contributed by atoms with E-state index in [1.807, 2.05) is 12.1 Å². The summed E-state index contributed by atoms with van der Waals surface area (Å²) in [6.45, 7) is 6.42. The van der Waals surface area contributed by atoms with Crippen molar-refractivity contribution < 1.29 is 9.53 Å². The van der Waals surface area contributed by atoms with Crippen LogP contribution in [0.4, 0.5) is 0 Å². The van der Waals surface area contributed by atoms with Crippen molar-refractivity contribution in [2.75, 3.05) is 0 Å². The number of primary amides is 1. The standard InChI is InChI=1S/C17H20N2O2/c1-4-12-6-5-7-14(16(12)11(2)3)21-15-9-8-13(10-19-15)17(18)20/h5-11H,4H2,1-3H3,(H2,18,20). The molecule has 1 heterocycles. The second kappa shape index (κ2) is 6.39. The summed E-state index contributed by atoms with van der Waals surface area (Å²) >= 11 is 0. The van der Waals surface area contributed by atoms with Crippen molar-refractivity contribution in [2.45, 2.75) is 33.1 Å². The zero-order valence-electron chi connectivity index (χ0n) is 12.6. The second-order valence-corrected chi connectivity index (χ2v) is 5.19. The lowest BCUT2D eigenvalue weighted by Gasteiger charge is -2.17. The molecule has 110 valence electrons. The van der Waals surface area contributed by atoms with Gasteiger partial charge in [0.1, 0.15) is 5.75 Å². The third kappa shape index (κ3) is 3.40. The molecule has 0 aliphatic heterocycles. The average molecular weight is 284 g/mol. The van der Waals surface area contributed by atoms with Gasteiger partial charge in [0, 0.05) is 17.8 Å². The van der Waals surface area contributed by atoms with Crippen LogP contribution in [0, 0.1) is 0 Å². The molecule has 0 unspecified atom stereocenters. The van der Waals surface area contributed by atoms with Crippen LogP contribution in [0.2, 0.25) is 0 Å². The molecular formula is C17H20N2O2. The Labute approximate surface area is 125 Å². The number of pyridine rings is 1. The quantitative estimate of drug-likeness (QED) is 0.911. The molecule has 1 aromatic heterocycles. The van der Waals surface area contributed by atoms with E-state index in [-0.39, 0.29) is 0 Å². The van der Waals surface area contributed by atoms with Gasteiger partial charge in [0.2, 0.25) is 11.8 Å². The van der Waals surface area contributed by atoms with Crippen LogP contribution in [-0.4, -0.2) is 10.9 Å². The predicted octanol–water partition coefficient (Wildman–Crippen LogP) is 3.66. The molecular weight excluding hydrogens is 264 g/mol. The minimum absolute atomic E-state index is 0.362. The number of benzene rings is 1. The monoisotopic (exact) mass is 284 g/mol. The zero-order valence-corrected chi connectivity index (χ0v) is 12.6. The highest BCUT2D eigenvalue weighted by molar-refractivity contribution is 5.92. The number of carbonyl (C=O) groups is 1. The molecule has 1 amide bonds. The Morgan fingerprint density at radius 3 is 2.57 bits per heavy atom. The predicted molar refractivity (Wildman–Crippen MR) is 82.7 cm³/mol. The summed E-state index contributed by atoms with van der Waals surface area (Å²) in [6, 6.07) is 9.31.